The lowest BCUT2D eigenvalue weighted by Crippen LogP contribution is -2.05. The molecule has 0 radical (unpaired) electrons. The summed E-state index contributed by atoms with van der Waals surface area (Å²) in [7, 11) is 0. The molecule has 1 unspecified atom stereocenters. The Morgan fingerprint density at radius 2 is 1.95 bits per heavy atom. The maximum atomic E-state index is 14.1. The highest BCUT2D eigenvalue weighted by Gasteiger charge is 2.20. The molecule has 1 heterocycles. The summed E-state index contributed by atoms with van der Waals surface area (Å²) in [6.07, 6.45) is 0. The zero-order valence-corrected chi connectivity index (χ0v) is 12.5. The minimum Gasteiger partial charge on any atom is -0.292 e. The second-order valence-electron chi connectivity index (χ2n) is 4.63. The zero-order chi connectivity index (χ0) is 15.1. The molecule has 2 nitrogen and oxygen atoms in total. The van der Waals surface area contributed by atoms with Crippen LogP contribution in [0.4, 0.5) is 8.78 Å². The molecule has 0 aliphatic rings. The molecule has 1 aromatic heterocycles. The first-order valence-corrected chi connectivity index (χ1v) is 7.07. The zero-order valence-electron chi connectivity index (χ0n) is 10.9. The monoisotopic (exact) mass is 326 g/mol. The van der Waals surface area contributed by atoms with Crippen LogP contribution < -0.4 is 0 Å². The molecular weight excluding hydrogens is 317 g/mol. The number of rotatable bonds is 2. The number of nitrogens with zero attached hydrogens (tertiary/aromatic N) is 2. The average Bonchev–Trinajstić information content (AvgIpc) is 2.80. The Morgan fingerprint density at radius 1 is 1.19 bits per heavy atom. The second-order valence-corrected chi connectivity index (χ2v) is 5.72. The number of halogens is 4. The van der Waals surface area contributed by atoms with Gasteiger partial charge in [0.2, 0.25) is 0 Å². The standard InChI is InChI=1S/C15H10Cl2F2N2/c1-8(16)15-20-11-7-9(17)5-6-12(11)21(15)13-4-2-3-10(18)14(13)19/h2-8H,1H3. The molecule has 0 aliphatic carbocycles. The normalized spacial score (nSPS) is 12.8. The molecule has 0 aliphatic heterocycles. The van der Waals surface area contributed by atoms with Crippen LogP contribution in [0.15, 0.2) is 36.4 Å². The van der Waals surface area contributed by atoms with Crippen LogP contribution in [-0.4, -0.2) is 9.55 Å². The van der Waals surface area contributed by atoms with Gasteiger partial charge in [-0.25, -0.2) is 13.8 Å². The van der Waals surface area contributed by atoms with Crippen molar-refractivity contribution < 1.29 is 8.78 Å². The summed E-state index contributed by atoms with van der Waals surface area (Å²) in [5, 5.41) is 0.0412. The molecule has 0 bridgehead atoms. The lowest BCUT2D eigenvalue weighted by Gasteiger charge is -2.11. The van der Waals surface area contributed by atoms with E-state index in [0.29, 0.717) is 21.9 Å². The molecule has 1 atom stereocenters. The van der Waals surface area contributed by atoms with Gasteiger partial charge >= 0.3 is 0 Å². The van der Waals surface area contributed by atoms with E-state index in [0.717, 1.165) is 6.07 Å². The van der Waals surface area contributed by atoms with E-state index in [4.69, 9.17) is 23.2 Å². The lowest BCUT2D eigenvalue weighted by atomic mass is 10.2. The van der Waals surface area contributed by atoms with E-state index in [1.54, 1.807) is 25.1 Å². The van der Waals surface area contributed by atoms with Crippen molar-refractivity contribution in [2.75, 3.05) is 0 Å². The van der Waals surface area contributed by atoms with Crippen molar-refractivity contribution in [3.05, 3.63) is 58.9 Å². The third-order valence-electron chi connectivity index (χ3n) is 3.17. The fourth-order valence-corrected chi connectivity index (χ4v) is 2.57. The van der Waals surface area contributed by atoms with Crippen molar-refractivity contribution in [3.63, 3.8) is 0 Å². The van der Waals surface area contributed by atoms with E-state index in [9.17, 15) is 8.78 Å². The number of aromatic nitrogens is 2. The highest BCUT2D eigenvalue weighted by atomic mass is 35.5. The molecule has 0 saturated heterocycles. The maximum absolute atomic E-state index is 14.1. The van der Waals surface area contributed by atoms with E-state index in [1.807, 2.05) is 0 Å². The fourth-order valence-electron chi connectivity index (χ4n) is 2.26. The van der Waals surface area contributed by atoms with Gasteiger partial charge in [-0.2, -0.15) is 0 Å². The molecule has 108 valence electrons. The molecule has 3 rings (SSSR count). The Hall–Kier alpha value is -1.65. The van der Waals surface area contributed by atoms with E-state index < -0.39 is 17.0 Å². The first kappa shape index (κ1) is 14.3. The fraction of sp³-hybridized carbons (Fsp3) is 0.133. The molecule has 2 aromatic carbocycles. The second kappa shape index (κ2) is 5.28. The number of imidazole rings is 1. The minimum atomic E-state index is -0.940. The van der Waals surface area contributed by atoms with Crippen LogP contribution in [0.3, 0.4) is 0 Å². The average molecular weight is 327 g/mol. The summed E-state index contributed by atoms with van der Waals surface area (Å²) in [5.74, 6) is -1.43. The third-order valence-corrected chi connectivity index (χ3v) is 3.60. The van der Waals surface area contributed by atoms with Gasteiger partial charge in [0.1, 0.15) is 5.82 Å². The maximum Gasteiger partial charge on any atom is 0.182 e. The van der Waals surface area contributed by atoms with Crippen LogP contribution in [0.25, 0.3) is 16.7 Å². The topological polar surface area (TPSA) is 17.8 Å². The Balaban J connectivity index is 2.39. The predicted molar refractivity (Wildman–Crippen MR) is 80.3 cm³/mol. The van der Waals surface area contributed by atoms with Crippen LogP contribution in [0.1, 0.15) is 18.1 Å². The molecule has 0 saturated carbocycles. The Bertz CT molecular complexity index is 828. The first-order chi connectivity index (χ1) is 9.99. The van der Waals surface area contributed by atoms with Gasteiger partial charge in [-0.05, 0) is 37.3 Å². The summed E-state index contributed by atoms with van der Waals surface area (Å²) in [4.78, 5) is 4.38. The number of hydrogen-bond acceptors (Lipinski definition) is 1. The molecular formula is C15H10Cl2F2N2. The Morgan fingerprint density at radius 3 is 2.67 bits per heavy atom. The van der Waals surface area contributed by atoms with E-state index in [-0.39, 0.29) is 5.69 Å². The summed E-state index contributed by atoms with van der Waals surface area (Å²) in [6.45, 7) is 1.72. The van der Waals surface area contributed by atoms with Crippen molar-refractivity contribution in [2.24, 2.45) is 0 Å². The SMILES string of the molecule is CC(Cl)c1nc2cc(Cl)ccc2n1-c1cccc(F)c1F. The minimum absolute atomic E-state index is 0.0716. The molecule has 0 amide bonds. The molecule has 0 fully saturated rings. The van der Waals surface area contributed by atoms with Crippen molar-refractivity contribution >= 4 is 34.2 Å². The third kappa shape index (κ3) is 2.39. The smallest absolute Gasteiger partial charge is 0.182 e. The van der Waals surface area contributed by atoms with Gasteiger partial charge in [-0.1, -0.05) is 17.7 Å². The van der Waals surface area contributed by atoms with Crippen LogP contribution >= 0.6 is 23.2 Å². The first-order valence-electron chi connectivity index (χ1n) is 6.25. The van der Waals surface area contributed by atoms with E-state index in [1.165, 1.54) is 16.7 Å². The Kier molecular flexibility index (Phi) is 3.59. The number of hydrogen-bond donors (Lipinski definition) is 0. The van der Waals surface area contributed by atoms with Gasteiger partial charge in [0.25, 0.3) is 0 Å². The van der Waals surface area contributed by atoms with Crippen LogP contribution in [0, 0.1) is 11.6 Å². The van der Waals surface area contributed by atoms with Crippen LogP contribution in [0.2, 0.25) is 5.02 Å². The summed E-state index contributed by atoms with van der Waals surface area (Å²) < 4.78 is 29.1. The van der Waals surface area contributed by atoms with E-state index in [2.05, 4.69) is 4.98 Å². The van der Waals surface area contributed by atoms with Gasteiger partial charge in [0.15, 0.2) is 11.6 Å². The van der Waals surface area contributed by atoms with Crippen molar-refractivity contribution in [1.29, 1.82) is 0 Å². The number of fused-ring (bicyclic) bond motifs is 1. The van der Waals surface area contributed by atoms with Crippen molar-refractivity contribution in [3.8, 4) is 5.69 Å². The van der Waals surface area contributed by atoms with Gasteiger partial charge in [0.05, 0.1) is 22.1 Å². The van der Waals surface area contributed by atoms with Gasteiger partial charge in [-0.15, -0.1) is 11.6 Å². The molecule has 3 aromatic rings. The highest BCUT2D eigenvalue weighted by Crippen LogP contribution is 2.31. The van der Waals surface area contributed by atoms with Gasteiger partial charge in [-0.3, -0.25) is 4.57 Å². The predicted octanol–water partition coefficient (Wildman–Crippen LogP) is 5.26. The summed E-state index contributed by atoms with van der Waals surface area (Å²) in [5.41, 5.74) is 1.27. The highest BCUT2D eigenvalue weighted by molar-refractivity contribution is 6.31. The van der Waals surface area contributed by atoms with Crippen LogP contribution in [0.5, 0.6) is 0 Å². The number of benzene rings is 2. The summed E-state index contributed by atoms with van der Waals surface area (Å²) >= 11 is 12.1. The molecule has 21 heavy (non-hydrogen) atoms. The number of alkyl halides is 1. The van der Waals surface area contributed by atoms with E-state index >= 15 is 0 Å². The van der Waals surface area contributed by atoms with Crippen molar-refractivity contribution in [2.45, 2.75) is 12.3 Å². The summed E-state index contributed by atoms with van der Waals surface area (Å²) in [6, 6.07) is 9.03. The molecule has 0 N–H and O–H groups in total. The van der Waals surface area contributed by atoms with Gasteiger partial charge < -0.3 is 0 Å². The Labute approximate surface area is 129 Å². The molecule has 0 spiro atoms. The van der Waals surface area contributed by atoms with Gasteiger partial charge in [0, 0.05) is 5.02 Å². The largest absolute Gasteiger partial charge is 0.292 e. The van der Waals surface area contributed by atoms with Crippen LogP contribution in [-0.2, 0) is 0 Å². The quantitative estimate of drug-likeness (QED) is 0.587. The lowest BCUT2D eigenvalue weighted by molar-refractivity contribution is 0.504. The van der Waals surface area contributed by atoms with Crippen molar-refractivity contribution in [1.82, 2.24) is 9.55 Å². The molecule has 6 heteroatoms.